The van der Waals surface area contributed by atoms with Gasteiger partial charge in [0, 0.05) is 5.56 Å². The van der Waals surface area contributed by atoms with E-state index in [1.807, 2.05) is 30.3 Å². The number of halogens is 3. The van der Waals surface area contributed by atoms with Gasteiger partial charge in [0.25, 0.3) is 0 Å². The first-order chi connectivity index (χ1) is 13.3. The molecule has 142 valence electrons. The third-order valence-corrected chi connectivity index (χ3v) is 4.10. The van der Waals surface area contributed by atoms with E-state index in [-0.39, 0.29) is 5.56 Å². The molecule has 0 saturated heterocycles. The number of benzene rings is 3. The molecule has 0 amide bonds. The molecular formula is C22H15F3O3. The molecule has 0 aliphatic carbocycles. The van der Waals surface area contributed by atoms with E-state index in [4.69, 9.17) is 4.74 Å². The van der Waals surface area contributed by atoms with Crippen LogP contribution >= 0.6 is 0 Å². The summed E-state index contributed by atoms with van der Waals surface area (Å²) in [6.45, 7) is -0.495. The van der Waals surface area contributed by atoms with Gasteiger partial charge in [0.2, 0.25) is 0 Å². The molecule has 0 saturated carbocycles. The second-order valence-electron chi connectivity index (χ2n) is 6.02. The number of ketones is 1. The molecule has 3 rings (SSSR count). The van der Waals surface area contributed by atoms with Crippen LogP contribution in [-0.2, 0) is 10.9 Å². The average molecular weight is 384 g/mol. The molecule has 0 spiro atoms. The number of carbonyl (C=O) groups excluding carboxylic acids is 2. The summed E-state index contributed by atoms with van der Waals surface area (Å²) in [5.41, 5.74) is 1.41. The molecule has 0 aliphatic heterocycles. The molecule has 0 bridgehead atoms. The van der Waals surface area contributed by atoms with Crippen molar-refractivity contribution in [3.8, 4) is 11.1 Å². The first kappa shape index (κ1) is 19.4. The Balaban J connectivity index is 1.60. The Morgan fingerprint density at radius 3 is 1.82 bits per heavy atom. The summed E-state index contributed by atoms with van der Waals surface area (Å²) in [5, 5.41) is 0. The number of hydrogen-bond donors (Lipinski definition) is 0. The molecule has 3 aromatic rings. The molecule has 0 aromatic heterocycles. The van der Waals surface area contributed by atoms with Gasteiger partial charge < -0.3 is 4.74 Å². The van der Waals surface area contributed by atoms with Crippen LogP contribution in [0.1, 0.15) is 26.3 Å². The van der Waals surface area contributed by atoms with E-state index in [0.29, 0.717) is 5.56 Å². The highest BCUT2D eigenvalue weighted by Gasteiger charge is 2.30. The van der Waals surface area contributed by atoms with Crippen molar-refractivity contribution in [2.75, 3.05) is 6.61 Å². The lowest BCUT2D eigenvalue weighted by Gasteiger charge is -2.08. The van der Waals surface area contributed by atoms with Gasteiger partial charge in [-0.2, -0.15) is 13.2 Å². The topological polar surface area (TPSA) is 43.4 Å². The number of carbonyl (C=O) groups is 2. The number of Topliss-reactive ketones (excluding diaryl/α,β-unsaturated/α-hetero) is 1. The fourth-order valence-electron chi connectivity index (χ4n) is 2.57. The summed E-state index contributed by atoms with van der Waals surface area (Å²) >= 11 is 0. The predicted molar refractivity (Wildman–Crippen MR) is 97.9 cm³/mol. The van der Waals surface area contributed by atoms with Crippen LogP contribution in [0.4, 0.5) is 13.2 Å². The van der Waals surface area contributed by atoms with Crippen LogP contribution in [0.5, 0.6) is 0 Å². The van der Waals surface area contributed by atoms with E-state index in [1.54, 1.807) is 24.3 Å². The summed E-state index contributed by atoms with van der Waals surface area (Å²) in [5.74, 6) is -1.26. The van der Waals surface area contributed by atoms with Gasteiger partial charge in [-0.05, 0) is 35.4 Å². The van der Waals surface area contributed by atoms with Crippen molar-refractivity contribution in [2.24, 2.45) is 0 Å². The van der Waals surface area contributed by atoms with Crippen molar-refractivity contribution in [3.63, 3.8) is 0 Å². The minimum absolute atomic E-state index is 0.0553. The van der Waals surface area contributed by atoms with Gasteiger partial charge in [-0.15, -0.1) is 0 Å². The molecule has 0 atom stereocenters. The lowest BCUT2D eigenvalue weighted by Crippen LogP contribution is -2.14. The van der Waals surface area contributed by atoms with Crippen molar-refractivity contribution in [3.05, 3.63) is 95.6 Å². The summed E-state index contributed by atoms with van der Waals surface area (Å²) in [7, 11) is 0. The van der Waals surface area contributed by atoms with Crippen LogP contribution in [0.25, 0.3) is 11.1 Å². The van der Waals surface area contributed by atoms with E-state index < -0.39 is 30.1 Å². The zero-order chi connectivity index (χ0) is 20.1. The lowest BCUT2D eigenvalue weighted by atomic mass is 10.0. The van der Waals surface area contributed by atoms with Gasteiger partial charge in [0.05, 0.1) is 11.1 Å². The molecule has 3 nitrogen and oxygen atoms in total. The smallest absolute Gasteiger partial charge is 0.416 e. The van der Waals surface area contributed by atoms with Gasteiger partial charge in [0.1, 0.15) is 0 Å². The second-order valence-corrected chi connectivity index (χ2v) is 6.02. The van der Waals surface area contributed by atoms with Crippen molar-refractivity contribution in [1.29, 1.82) is 0 Å². The normalized spacial score (nSPS) is 11.1. The van der Waals surface area contributed by atoms with Gasteiger partial charge in [-0.3, -0.25) is 4.79 Å². The van der Waals surface area contributed by atoms with Crippen LogP contribution in [-0.4, -0.2) is 18.4 Å². The number of hydrogen-bond acceptors (Lipinski definition) is 3. The van der Waals surface area contributed by atoms with Crippen LogP contribution in [0, 0.1) is 0 Å². The molecule has 0 radical (unpaired) electrons. The molecule has 3 aromatic carbocycles. The Morgan fingerprint density at radius 1 is 0.714 bits per heavy atom. The van der Waals surface area contributed by atoms with Crippen molar-refractivity contribution in [2.45, 2.75) is 6.18 Å². The monoisotopic (exact) mass is 384 g/mol. The first-order valence-electron chi connectivity index (χ1n) is 8.37. The second kappa shape index (κ2) is 8.08. The highest BCUT2D eigenvalue weighted by molar-refractivity contribution is 5.99. The molecule has 0 heterocycles. The number of ether oxygens (including phenoxy) is 1. The predicted octanol–water partition coefficient (Wildman–Crippen LogP) is 5.41. The van der Waals surface area contributed by atoms with Gasteiger partial charge >= 0.3 is 12.1 Å². The van der Waals surface area contributed by atoms with E-state index in [9.17, 15) is 22.8 Å². The van der Waals surface area contributed by atoms with E-state index >= 15 is 0 Å². The van der Waals surface area contributed by atoms with Gasteiger partial charge in [0.15, 0.2) is 12.4 Å². The highest BCUT2D eigenvalue weighted by atomic mass is 19.4. The maximum Gasteiger partial charge on any atom is 0.416 e. The largest absolute Gasteiger partial charge is 0.454 e. The third kappa shape index (κ3) is 4.65. The van der Waals surface area contributed by atoms with E-state index in [2.05, 4.69) is 0 Å². The standard InChI is InChI=1S/C22H15F3O3/c23-22(24,25)19-12-10-18(11-13-19)21(27)28-14-20(26)17-8-6-16(7-9-17)15-4-2-1-3-5-15/h1-13H,14H2. The maximum atomic E-state index is 12.5. The lowest BCUT2D eigenvalue weighted by molar-refractivity contribution is -0.137. The Labute approximate surface area is 159 Å². The number of esters is 1. The molecule has 6 heteroatoms. The molecular weight excluding hydrogens is 369 g/mol. The maximum absolute atomic E-state index is 12.5. The molecule has 0 N–H and O–H groups in total. The minimum atomic E-state index is -4.48. The zero-order valence-electron chi connectivity index (χ0n) is 14.6. The SMILES string of the molecule is O=C(COC(=O)c1ccc(C(F)(F)F)cc1)c1ccc(-c2ccccc2)cc1. The van der Waals surface area contributed by atoms with Crippen molar-refractivity contribution >= 4 is 11.8 Å². The Morgan fingerprint density at radius 2 is 1.25 bits per heavy atom. The fourth-order valence-corrected chi connectivity index (χ4v) is 2.57. The molecule has 0 unspecified atom stereocenters. The molecule has 0 fully saturated rings. The summed E-state index contributed by atoms with van der Waals surface area (Å²) in [6, 6.07) is 20.1. The summed E-state index contributed by atoms with van der Waals surface area (Å²) in [4.78, 5) is 24.1. The third-order valence-electron chi connectivity index (χ3n) is 4.10. The minimum Gasteiger partial charge on any atom is -0.454 e. The van der Waals surface area contributed by atoms with Crippen LogP contribution in [0.2, 0.25) is 0 Å². The van der Waals surface area contributed by atoms with Crippen LogP contribution in [0.15, 0.2) is 78.9 Å². The number of alkyl halides is 3. The quantitative estimate of drug-likeness (QED) is 0.436. The van der Waals surface area contributed by atoms with Crippen molar-refractivity contribution < 1.29 is 27.5 Å². The van der Waals surface area contributed by atoms with Gasteiger partial charge in [-0.25, -0.2) is 4.79 Å². The Hall–Kier alpha value is -3.41. The molecule has 0 aliphatic rings. The van der Waals surface area contributed by atoms with Crippen LogP contribution in [0.3, 0.4) is 0 Å². The fraction of sp³-hybridized carbons (Fsp3) is 0.0909. The first-order valence-corrected chi connectivity index (χ1v) is 8.37. The highest BCUT2D eigenvalue weighted by Crippen LogP contribution is 2.29. The van der Waals surface area contributed by atoms with E-state index in [0.717, 1.165) is 35.4 Å². The van der Waals surface area contributed by atoms with E-state index in [1.165, 1.54) is 0 Å². The molecule has 28 heavy (non-hydrogen) atoms. The average Bonchev–Trinajstić information content (AvgIpc) is 2.72. The zero-order valence-corrected chi connectivity index (χ0v) is 14.6. The number of rotatable bonds is 5. The van der Waals surface area contributed by atoms with Gasteiger partial charge in [-0.1, -0.05) is 54.6 Å². The van der Waals surface area contributed by atoms with Crippen molar-refractivity contribution in [1.82, 2.24) is 0 Å². The Bertz CT molecular complexity index is 961. The summed E-state index contributed by atoms with van der Waals surface area (Å²) < 4.78 is 42.5. The van der Waals surface area contributed by atoms with Crippen LogP contribution < -0.4 is 0 Å². The Kier molecular flexibility index (Phi) is 5.59. The summed E-state index contributed by atoms with van der Waals surface area (Å²) in [6.07, 6.45) is -4.48.